The fourth-order valence-corrected chi connectivity index (χ4v) is 2.93. The van der Waals surface area contributed by atoms with Gasteiger partial charge in [0.2, 0.25) is 0 Å². The maximum absolute atomic E-state index is 12.0. The molecule has 0 aliphatic heterocycles. The van der Waals surface area contributed by atoms with Gasteiger partial charge in [-0.25, -0.2) is 4.79 Å². The molecule has 0 atom stereocenters. The Morgan fingerprint density at radius 1 is 1.35 bits per heavy atom. The number of aromatic amines is 1. The Morgan fingerprint density at radius 3 is 2.69 bits per heavy atom. The number of ether oxygens (including phenoxy) is 3. The van der Waals surface area contributed by atoms with Gasteiger partial charge in [0.1, 0.15) is 11.6 Å². The highest BCUT2D eigenvalue weighted by Crippen LogP contribution is 2.40. The number of benzene rings is 1. The summed E-state index contributed by atoms with van der Waals surface area (Å²) in [6.45, 7) is 3.43. The number of nitrogens with one attached hydrogen (secondary N) is 1. The number of rotatable bonds is 6. The Hall–Kier alpha value is -2.79. The van der Waals surface area contributed by atoms with Crippen molar-refractivity contribution in [1.29, 1.82) is 5.26 Å². The van der Waals surface area contributed by atoms with Gasteiger partial charge in [0.15, 0.2) is 18.1 Å². The highest BCUT2D eigenvalue weighted by Gasteiger charge is 2.17. The summed E-state index contributed by atoms with van der Waals surface area (Å²) < 4.78 is 16.2. The van der Waals surface area contributed by atoms with Crippen molar-refractivity contribution in [1.82, 2.24) is 4.98 Å². The Balaban J connectivity index is 2.49. The second-order valence-corrected chi connectivity index (χ2v) is 6.12. The molecule has 1 aromatic carbocycles. The molecule has 2 rings (SSSR count). The van der Waals surface area contributed by atoms with Crippen LogP contribution in [0, 0.1) is 18.3 Å². The van der Waals surface area contributed by atoms with Crippen LogP contribution in [0.1, 0.15) is 18.2 Å². The minimum Gasteiger partial charge on any atom is -0.493 e. The second kappa shape index (κ2) is 8.54. The molecule has 0 aliphatic carbocycles. The van der Waals surface area contributed by atoms with Crippen molar-refractivity contribution in [2.45, 2.75) is 13.8 Å². The van der Waals surface area contributed by atoms with Gasteiger partial charge in [-0.2, -0.15) is 5.26 Å². The van der Waals surface area contributed by atoms with Gasteiger partial charge in [-0.1, -0.05) is 0 Å². The molecule has 0 radical (unpaired) electrons. The van der Waals surface area contributed by atoms with Crippen LogP contribution in [-0.2, 0) is 9.53 Å². The third-order valence-electron chi connectivity index (χ3n) is 3.46. The van der Waals surface area contributed by atoms with Crippen molar-refractivity contribution in [3.8, 4) is 28.7 Å². The summed E-state index contributed by atoms with van der Waals surface area (Å²) in [6, 6.07) is 6.96. The standard InChI is InChI=1S/C18H17BrN2O5/c1-4-25-16(22)9-26-17-14(19)6-11(7-15(17)24-3)12-5-10(2)21-18(23)13(12)8-20/h5-7H,4,9H2,1-3H3,(H,21,23). The number of hydrogen-bond acceptors (Lipinski definition) is 6. The van der Waals surface area contributed by atoms with E-state index in [0.29, 0.717) is 32.8 Å². The molecule has 0 amide bonds. The average Bonchev–Trinajstić information content (AvgIpc) is 2.59. The molecular formula is C18H17BrN2O5. The van der Waals surface area contributed by atoms with E-state index in [2.05, 4.69) is 20.9 Å². The monoisotopic (exact) mass is 420 g/mol. The molecule has 0 saturated heterocycles. The first-order valence-electron chi connectivity index (χ1n) is 7.71. The number of aryl methyl sites for hydroxylation is 1. The summed E-state index contributed by atoms with van der Waals surface area (Å²) >= 11 is 3.38. The summed E-state index contributed by atoms with van der Waals surface area (Å²) in [6.07, 6.45) is 0. The first kappa shape index (κ1) is 19.5. The van der Waals surface area contributed by atoms with Crippen LogP contribution in [-0.4, -0.2) is 31.3 Å². The van der Waals surface area contributed by atoms with E-state index in [4.69, 9.17) is 14.2 Å². The van der Waals surface area contributed by atoms with Crippen molar-refractivity contribution < 1.29 is 19.0 Å². The van der Waals surface area contributed by atoms with Crippen molar-refractivity contribution >= 4 is 21.9 Å². The molecule has 2 aromatic rings. The van der Waals surface area contributed by atoms with E-state index in [1.807, 2.05) is 6.07 Å². The van der Waals surface area contributed by atoms with Crippen LogP contribution in [0.5, 0.6) is 11.5 Å². The lowest BCUT2D eigenvalue weighted by atomic mass is 10.0. The zero-order valence-electron chi connectivity index (χ0n) is 14.5. The van der Waals surface area contributed by atoms with Crippen molar-refractivity contribution in [3.05, 3.63) is 44.3 Å². The van der Waals surface area contributed by atoms with Gasteiger partial charge >= 0.3 is 5.97 Å². The van der Waals surface area contributed by atoms with Crippen molar-refractivity contribution in [3.63, 3.8) is 0 Å². The zero-order valence-corrected chi connectivity index (χ0v) is 16.1. The van der Waals surface area contributed by atoms with Crippen LogP contribution >= 0.6 is 15.9 Å². The molecule has 26 heavy (non-hydrogen) atoms. The second-order valence-electron chi connectivity index (χ2n) is 5.27. The molecule has 0 aliphatic rings. The van der Waals surface area contributed by atoms with Gasteiger partial charge in [0, 0.05) is 11.3 Å². The highest BCUT2D eigenvalue weighted by molar-refractivity contribution is 9.10. The number of carbonyl (C=O) groups is 1. The number of nitrogens with zero attached hydrogens (tertiary/aromatic N) is 1. The first-order valence-corrected chi connectivity index (χ1v) is 8.50. The lowest BCUT2D eigenvalue weighted by molar-refractivity contribution is -0.145. The van der Waals surface area contributed by atoms with Gasteiger partial charge in [-0.15, -0.1) is 0 Å². The molecule has 1 heterocycles. The molecule has 1 N–H and O–H groups in total. The smallest absolute Gasteiger partial charge is 0.344 e. The Labute approximate surface area is 158 Å². The average molecular weight is 421 g/mol. The van der Waals surface area contributed by atoms with E-state index in [1.165, 1.54) is 7.11 Å². The van der Waals surface area contributed by atoms with Gasteiger partial charge in [-0.05, 0) is 53.5 Å². The number of pyridine rings is 1. The summed E-state index contributed by atoms with van der Waals surface area (Å²) in [5.74, 6) is 0.174. The van der Waals surface area contributed by atoms with Crippen LogP contribution in [0.4, 0.5) is 0 Å². The maximum Gasteiger partial charge on any atom is 0.344 e. The van der Waals surface area contributed by atoms with Gasteiger partial charge < -0.3 is 19.2 Å². The fraction of sp³-hybridized carbons (Fsp3) is 0.278. The highest BCUT2D eigenvalue weighted by atomic mass is 79.9. The Kier molecular flexibility index (Phi) is 6.41. The van der Waals surface area contributed by atoms with Gasteiger partial charge in [0.05, 0.1) is 18.2 Å². The third kappa shape index (κ3) is 4.24. The molecular weight excluding hydrogens is 404 g/mol. The maximum atomic E-state index is 12.0. The van der Waals surface area contributed by atoms with E-state index in [9.17, 15) is 14.9 Å². The zero-order chi connectivity index (χ0) is 19.3. The molecule has 0 spiro atoms. The van der Waals surface area contributed by atoms with Crippen LogP contribution in [0.15, 0.2) is 27.5 Å². The number of esters is 1. The normalized spacial score (nSPS) is 10.1. The fourth-order valence-electron chi connectivity index (χ4n) is 2.38. The van der Waals surface area contributed by atoms with Crippen molar-refractivity contribution in [2.75, 3.05) is 20.3 Å². The van der Waals surface area contributed by atoms with E-state index in [-0.39, 0.29) is 18.8 Å². The first-order chi connectivity index (χ1) is 12.4. The molecule has 136 valence electrons. The largest absolute Gasteiger partial charge is 0.493 e. The number of aromatic nitrogens is 1. The SMILES string of the molecule is CCOC(=O)COc1c(Br)cc(-c2cc(C)[nH]c(=O)c2C#N)cc1OC. The summed E-state index contributed by atoms with van der Waals surface area (Å²) in [5.41, 5.74) is 1.25. The molecule has 0 saturated carbocycles. The summed E-state index contributed by atoms with van der Waals surface area (Å²) in [7, 11) is 1.46. The molecule has 0 fully saturated rings. The van der Waals surface area contributed by atoms with Crippen LogP contribution in [0.2, 0.25) is 0 Å². The number of halogens is 1. The van der Waals surface area contributed by atoms with E-state index >= 15 is 0 Å². The minimum atomic E-state index is -0.498. The number of methoxy groups -OCH3 is 1. The Bertz CT molecular complexity index is 930. The molecule has 0 unspecified atom stereocenters. The van der Waals surface area contributed by atoms with Crippen molar-refractivity contribution in [2.24, 2.45) is 0 Å². The number of carbonyl (C=O) groups excluding carboxylic acids is 1. The van der Waals surface area contributed by atoms with Crippen LogP contribution in [0.25, 0.3) is 11.1 Å². The van der Waals surface area contributed by atoms with E-state index in [0.717, 1.165) is 0 Å². The van der Waals surface area contributed by atoms with Crippen LogP contribution in [0.3, 0.4) is 0 Å². The predicted molar refractivity (Wildman–Crippen MR) is 98.3 cm³/mol. The van der Waals surface area contributed by atoms with Gasteiger partial charge in [0.25, 0.3) is 5.56 Å². The quantitative estimate of drug-likeness (QED) is 0.720. The lowest BCUT2D eigenvalue weighted by Crippen LogP contribution is -2.15. The third-order valence-corrected chi connectivity index (χ3v) is 4.05. The molecule has 0 bridgehead atoms. The van der Waals surface area contributed by atoms with E-state index in [1.54, 1.807) is 32.0 Å². The number of H-pyrrole nitrogens is 1. The topological polar surface area (TPSA) is 101 Å². The summed E-state index contributed by atoms with van der Waals surface area (Å²) in [5, 5.41) is 9.31. The predicted octanol–water partition coefficient (Wildman–Crippen LogP) is 2.94. The minimum absolute atomic E-state index is 0.00439. The molecule has 1 aromatic heterocycles. The summed E-state index contributed by atoms with van der Waals surface area (Å²) in [4.78, 5) is 26.1. The lowest BCUT2D eigenvalue weighted by Gasteiger charge is -2.15. The molecule has 7 nitrogen and oxygen atoms in total. The van der Waals surface area contributed by atoms with E-state index < -0.39 is 11.5 Å². The van der Waals surface area contributed by atoms with Crippen LogP contribution < -0.4 is 15.0 Å². The number of nitriles is 1. The Morgan fingerprint density at radius 2 is 2.08 bits per heavy atom. The number of hydrogen-bond donors (Lipinski definition) is 1. The molecule has 8 heteroatoms. The van der Waals surface area contributed by atoms with Gasteiger partial charge in [-0.3, -0.25) is 4.79 Å².